The molecule has 2 rings (SSSR count). The van der Waals surface area contributed by atoms with E-state index in [1.54, 1.807) is 19.9 Å². The fourth-order valence-corrected chi connectivity index (χ4v) is 4.33. The first-order valence-electron chi connectivity index (χ1n) is 8.17. The fraction of sp³-hybridized carbons (Fsp3) is 0.529. The molecule has 0 N–H and O–H groups in total. The lowest BCUT2D eigenvalue weighted by Crippen LogP contribution is -2.40. The van der Waals surface area contributed by atoms with Gasteiger partial charge in [-0.3, -0.25) is 4.79 Å². The molecule has 1 aliphatic rings. The van der Waals surface area contributed by atoms with Gasteiger partial charge >= 0.3 is 11.9 Å². The third-order valence-electron chi connectivity index (χ3n) is 4.33. The highest BCUT2D eigenvalue weighted by Gasteiger charge is 2.33. The minimum Gasteiger partial charge on any atom is -0.466 e. The third-order valence-corrected chi connectivity index (χ3v) is 6.22. The molecule has 0 amide bonds. The van der Waals surface area contributed by atoms with E-state index in [-0.39, 0.29) is 35.4 Å². The second-order valence-corrected chi connectivity index (χ2v) is 7.84. The third kappa shape index (κ3) is 4.19. The number of esters is 2. The van der Waals surface area contributed by atoms with Crippen LogP contribution in [0.1, 0.15) is 35.7 Å². The molecule has 1 saturated heterocycles. The standard InChI is InChI=1S/C17H23NO6S/c1-4-24-16(19)13-7-9-18(10-8-13)25(21,22)14-6-5-12(2)15(11-14)17(20)23-3/h5-6,11,13H,4,7-10H2,1-3H3. The lowest BCUT2D eigenvalue weighted by molar-refractivity contribution is -0.149. The van der Waals surface area contributed by atoms with Crippen LogP contribution in [0, 0.1) is 12.8 Å². The van der Waals surface area contributed by atoms with Gasteiger partial charge in [0.05, 0.1) is 30.1 Å². The van der Waals surface area contributed by atoms with Crippen LogP contribution in [0.25, 0.3) is 0 Å². The topological polar surface area (TPSA) is 90.0 Å². The molecule has 0 radical (unpaired) electrons. The van der Waals surface area contributed by atoms with Crippen molar-refractivity contribution in [3.05, 3.63) is 29.3 Å². The Labute approximate surface area is 148 Å². The summed E-state index contributed by atoms with van der Waals surface area (Å²) in [5.74, 6) is -1.12. The number of carbonyl (C=O) groups excluding carboxylic acids is 2. The van der Waals surface area contributed by atoms with Crippen molar-refractivity contribution in [2.45, 2.75) is 31.6 Å². The van der Waals surface area contributed by atoms with E-state index in [0.29, 0.717) is 25.0 Å². The summed E-state index contributed by atoms with van der Waals surface area (Å²) in [5.41, 5.74) is 0.872. The molecule has 1 fully saturated rings. The quantitative estimate of drug-likeness (QED) is 0.735. The Bertz CT molecular complexity index is 750. The molecule has 1 aromatic rings. The summed E-state index contributed by atoms with van der Waals surface area (Å²) in [6.45, 7) is 4.26. The second-order valence-electron chi connectivity index (χ2n) is 5.90. The van der Waals surface area contributed by atoms with Gasteiger partial charge in [0.2, 0.25) is 10.0 Å². The Balaban J connectivity index is 2.18. The molecule has 25 heavy (non-hydrogen) atoms. The lowest BCUT2D eigenvalue weighted by atomic mass is 9.98. The molecule has 0 unspecified atom stereocenters. The highest BCUT2D eigenvalue weighted by molar-refractivity contribution is 7.89. The molecule has 1 aliphatic heterocycles. The molecular weight excluding hydrogens is 346 g/mol. The first-order valence-corrected chi connectivity index (χ1v) is 9.61. The number of nitrogens with zero attached hydrogens (tertiary/aromatic N) is 1. The lowest BCUT2D eigenvalue weighted by Gasteiger charge is -2.30. The van der Waals surface area contributed by atoms with Crippen molar-refractivity contribution in [3.8, 4) is 0 Å². The fourth-order valence-electron chi connectivity index (χ4n) is 2.83. The zero-order valence-corrected chi connectivity index (χ0v) is 15.5. The molecule has 0 saturated carbocycles. The van der Waals surface area contributed by atoms with Crippen LogP contribution in [0.4, 0.5) is 0 Å². The summed E-state index contributed by atoms with van der Waals surface area (Å²) in [6.07, 6.45) is 0.849. The van der Waals surface area contributed by atoms with Crippen LogP contribution >= 0.6 is 0 Å². The monoisotopic (exact) mass is 369 g/mol. The average molecular weight is 369 g/mol. The number of carbonyl (C=O) groups is 2. The molecule has 0 aliphatic carbocycles. The molecule has 0 bridgehead atoms. The molecule has 1 aromatic carbocycles. The van der Waals surface area contributed by atoms with Crippen LogP contribution in [0.15, 0.2) is 23.1 Å². The average Bonchev–Trinajstić information content (AvgIpc) is 2.61. The van der Waals surface area contributed by atoms with E-state index in [1.807, 2.05) is 0 Å². The number of aryl methyl sites for hydroxylation is 1. The Morgan fingerprint density at radius 3 is 2.44 bits per heavy atom. The van der Waals surface area contributed by atoms with E-state index >= 15 is 0 Å². The van der Waals surface area contributed by atoms with Gasteiger partial charge in [0.25, 0.3) is 0 Å². The van der Waals surface area contributed by atoms with Crippen molar-refractivity contribution in [2.24, 2.45) is 5.92 Å². The van der Waals surface area contributed by atoms with Crippen LogP contribution in [-0.2, 0) is 24.3 Å². The van der Waals surface area contributed by atoms with Crippen molar-refractivity contribution >= 4 is 22.0 Å². The van der Waals surface area contributed by atoms with Gasteiger partial charge in [0.1, 0.15) is 0 Å². The Hall–Kier alpha value is -1.93. The summed E-state index contributed by atoms with van der Waals surface area (Å²) in [7, 11) is -2.48. The van der Waals surface area contributed by atoms with Gasteiger partial charge in [-0.1, -0.05) is 6.07 Å². The zero-order valence-electron chi connectivity index (χ0n) is 14.6. The van der Waals surface area contributed by atoms with Gasteiger partial charge in [-0.15, -0.1) is 0 Å². The van der Waals surface area contributed by atoms with Crippen LogP contribution in [0.2, 0.25) is 0 Å². The second kappa shape index (κ2) is 7.97. The number of rotatable bonds is 5. The van der Waals surface area contributed by atoms with Crippen molar-refractivity contribution in [2.75, 3.05) is 26.8 Å². The molecule has 8 heteroatoms. The van der Waals surface area contributed by atoms with Crippen LogP contribution in [0.3, 0.4) is 0 Å². The minimum absolute atomic E-state index is 0.0492. The largest absolute Gasteiger partial charge is 0.466 e. The van der Waals surface area contributed by atoms with E-state index in [9.17, 15) is 18.0 Å². The van der Waals surface area contributed by atoms with Crippen molar-refractivity contribution in [3.63, 3.8) is 0 Å². The number of benzene rings is 1. The molecule has 0 spiro atoms. The Morgan fingerprint density at radius 1 is 1.24 bits per heavy atom. The van der Waals surface area contributed by atoms with Gasteiger partial charge in [-0.2, -0.15) is 4.31 Å². The zero-order chi connectivity index (χ0) is 18.6. The number of hydrogen-bond donors (Lipinski definition) is 0. The number of piperidine rings is 1. The van der Waals surface area contributed by atoms with Crippen molar-refractivity contribution < 1.29 is 27.5 Å². The SMILES string of the molecule is CCOC(=O)C1CCN(S(=O)(=O)c2ccc(C)c(C(=O)OC)c2)CC1. The summed E-state index contributed by atoms with van der Waals surface area (Å²) >= 11 is 0. The number of sulfonamides is 1. The normalized spacial score (nSPS) is 16.4. The molecule has 1 heterocycles. The van der Waals surface area contributed by atoms with Gasteiger partial charge < -0.3 is 9.47 Å². The number of hydrogen-bond acceptors (Lipinski definition) is 6. The van der Waals surface area contributed by atoms with E-state index in [2.05, 4.69) is 0 Å². The Kier molecular flexibility index (Phi) is 6.18. The van der Waals surface area contributed by atoms with Gasteiger partial charge in [0, 0.05) is 13.1 Å². The molecule has 138 valence electrons. The number of methoxy groups -OCH3 is 1. The smallest absolute Gasteiger partial charge is 0.338 e. The summed E-state index contributed by atoms with van der Waals surface area (Å²) < 4.78 is 36.7. The molecular formula is C17H23NO6S. The minimum atomic E-state index is -3.73. The molecule has 0 aromatic heterocycles. The first-order chi connectivity index (χ1) is 11.8. The van der Waals surface area contributed by atoms with Crippen LogP contribution < -0.4 is 0 Å². The highest BCUT2D eigenvalue weighted by Crippen LogP contribution is 2.26. The summed E-state index contributed by atoms with van der Waals surface area (Å²) in [5, 5.41) is 0. The van der Waals surface area contributed by atoms with E-state index < -0.39 is 16.0 Å². The van der Waals surface area contributed by atoms with Gasteiger partial charge in [-0.25, -0.2) is 13.2 Å². The maximum Gasteiger partial charge on any atom is 0.338 e. The predicted octanol–water partition coefficient (Wildman–Crippen LogP) is 1.75. The van der Waals surface area contributed by atoms with Gasteiger partial charge in [0.15, 0.2) is 0 Å². The highest BCUT2D eigenvalue weighted by atomic mass is 32.2. The van der Waals surface area contributed by atoms with E-state index in [1.165, 1.54) is 23.5 Å². The maximum absolute atomic E-state index is 12.8. The molecule has 7 nitrogen and oxygen atoms in total. The van der Waals surface area contributed by atoms with Crippen molar-refractivity contribution in [1.82, 2.24) is 4.31 Å². The van der Waals surface area contributed by atoms with Crippen LogP contribution in [0.5, 0.6) is 0 Å². The van der Waals surface area contributed by atoms with E-state index in [4.69, 9.17) is 9.47 Å². The predicted molar refractivity (Wildman–Crippen MR) is 90.6 cm³/mol. The van der Waals surface area contributed by atoms with E-state index in [0.717, 1.165) is 0 Å². The Morgan fingerprint density at radius 2 is 1.88 bits per heavy atom. The van der Waals surface area contributed by atoms with Crippen molar-refractivity contribution in [1.29, 1.82) is 0 Å². The summed E-state index contributed by atoms with van der Waals surface area (Å²) in [4.78, 5) is 23.6. The maximum atomic E-state index is 12.8. The first kappa shape index (κ1) is 19.4. The van der Waals surface area contributed by atoms with Crippen LogP contribution in [-0.4, -0.2) is 51.5 Å². The number of ether oxygens (including phenoxy) is 2. The molecule has 0 atom stereocenters. The van der Waals surface area contributed by atoms with Gasteiger partial charge in [-0.05, 0) is 44.4 Å². The summed E-state index contributed by atoms with van der Waals surface area (Å²) in [6, 6.07) is 4.41.